The van der Waals surface area contributed by atoms with Crippen molar-refractivity contribution in [3.8, 4) is 11.5 Å². The van der Waals surface area contributed by atoms with Crippen LogP contribution in [0, 0.1) is 5.92 Å². The monoisotopic (exact) mass is 407 g/mol. The molecule has 1 amide bonds. The summed E-state index contributed by atoms with van der Waals surface area (Å²) in [4.78, 5) is 26.0. The smallest absolute Gasteiger partial charge is 0.305 e. The van der Waals surface area contributed by atoms with Gasteiger partial charge in [0.05, 0.1) is 18.8 Å². The predicted molar refractivity (Wildman–Crippen MR) is 106 cm³/mol. The Hall–Kier alpha value is -2.52. The molecule has 0 bridgehead atoms. The second-order valence-electron chi connectivity index (χ2n) is 7.40. The van der Waals surface area contributed by atoms with Crippen molar-refractivity contribution in [1.29, 1.82) is 0 Å². The molecule has 0 aromatic heterocycles. The Balaban J connectivity index is 1.49. The maximum Gasteiger partial charge on any atom is 0.305 e. The maximum absolute atomic E-state index is 12.7. The van der Waals surface area contributed by atoms with Crippen molar-refractivity contribution in [3.05, 3.63) is 17.7 Å². The van der Waals surface area contributed by atoms with E-state index >= 15 is 0 Å². The minimum Gasteiger partial charge on any atom is -0.486 e. The molecule has 2 aliphatic heterocycles. The van der Waals surface area contributed by atoms with Crippen LogP contribution in [0.2, 0.25) is 0 Å². The number of aliphatic hydroxyl groups excluding tert-OH is 1. The number of hydrogen-bond acceptors (Lipinski definition) is 8. The lowest BCUT2D eigenvalue weighted by atomic mass is 9.93. The first kappa shape index (κ1) is 21.2. The second-order valence-corrected chi connectivity index (χ2v) is 7.40. The van der Waals surface area contributed by atoms with Crippen molar-refractivity contribution in [1.82, 2.24) is 10.2 Å². The molecule has 1 aromatic rings. The number of benzene rings is 1. The molecule has 0 saturated carbocycles. The summed E-state index contributed by atoms with van der Waals surface area (Å²) in [7, 11) is 1.38. The number of nitrogen functional groups attached to an aromatic ring is 1. The van der Waals surface area contributed by atoms with Gasteiger partial charge in [-0.3, -0.25) is 9.59 Å². The van der Waals surface area contributed by atoms with Gasteiger partial charge in [-0.05, 0) is 32.0 Å². The molecule has 1 unspecified atom stereocenters. The number of nitrogens with two attached hydrogens (primary N) is 1. The SMILES string of the molecule is COC(=O)CCCN1CC[C@@H](CNC(=O)c2cc(N)cc3c2OCCO3)C(O)C1. The van der Waals surface area contributed by atoms with E-state index in [0.717, 1.165) is 19.5 Å². The highest BCUT2D eigenvalue weighted by atomic mass is 16.6. The lowest BCUT2D eigenvalue weighted by Crippen LogP contribution is -2.47. The molecule has 4 N–H and O–H groups in total. The summed E-state index contributed by atoms with van der Waals surface area (Å²) in [5, 5.41) is 13.4. The molecular formula is C20H29N3O6. The van der Waals surface area contributed by atoms with E-state index in [-0.39, 0.29) is 17.8 Å². The lowest BCUT2D eigenvalue weighted by Gasteiger charge is -2.36. The largest absolute Gasteiger partial charge is 0.486 e. The molecule has 160 valence electrons. The van der Waals surface area contributed by atoms with E-state index in [1.807, 2.05) is 0 Å². The van der Waals surface area contributed by atoms with Gasteiger partial charge in [-0.15, -0.1) is 0 Å². The number of aliphatic hydroxyl groups is 1. The van der Waals surface area contributed by atoms with Gasteiger partial charge in [0, 0.05) is 37.2 Å². The zero-order valence-electron chi connectivity index (χ0n) is 16.7. The molecule has 2 heterocycles. The van der Waals surface area contributed by atoms with Crippen LogP contribution in [-0.4, -0.2) is 74.5 Å². The number of rotatable bonds is 7. The van der Waals surface area contributed by atoms with Gasteiger partial charge in [0.2, 0.25) is 0 Å². The summed E-state index contributed by atoms with van der Waals surface area (Å²) in [5.74, 6) is 0.323. The number of amides is 1. The number of ether oxygens (including phenoxy) is 3. The van der Waals surface area contributed by atoms with Gasteiger partial charge in [-0.2, -0.15) is 0 Å². The maximum atomic E-state index is 12.7. The summed E-state index contributed by atoms with van der Waals surface area (Å²) < 4.78 is 15.7. The molecule has 29 heavy (non-hydrogen) atoms. The minimum atomic E-state index is -0.545. The van der Waals surface area contributed by atoms with Gasteiger partial charge in [-0.1, -0.05) is 0 Å². The summed E-state index contributed by atoms with van der Waals surface area (Å²) in [6.45, 7) is 3.22. The fraction of sp³-hybridized carbons (Fsp3) is 0.600. The fourth-order valence-corrected chi connectivity index (χ4v) is 3.70. The molecule has 3 rings (SSSR count). The van der Waals surface area contributed by atoms with Crippen molar-refractivity contribution in [2.24, 2.45) is 5.92 Å². The number of piperidine rings is 1. The van der Waals surface area contributed by atoms with Crippen LogP contribution in [-0.2, 0) is 9.53 Å². The van der Waals surface area contributed by atoms with Crippen LogP contribution in [0.25, 0.3) is 0 Å². The number of likely N-dealkylation sites (tertiary alicyclic amines) is 1. The fourth-order valence-electron chi connectivity index (χ4n) is 3.70. The van der Waals surface area contributed by atoms with Crippen LogP contribution >= 0.6 is 0 Å². The Morgan fingerprint density at radius 3 is 2.90 bits per heavy atom. The third kappa shape index (κ3) is 5.51. The molecular weight excluding hydrogens is 378 g/mol. The molecule has 0 spiro atoms. The van der Waals surface area contributed by atoms with E-state index in [9.17, 15) is 14.7 Å². The summed E-state index contributed by atoms with van der Waals surface area (Å²) in [6.07, 6.45) is 1.29. The van der Waals surface area contributed by atoms with Gasteiger partial charge in [0.1, 0.15) is 13.2 Å². The van der Waals surface area contributed by atoms with E-state index in [2.05, 4.69) is 15.0 Å². The van der Waals surface area contributed by atoms with Gasteiger partial charge in [0.25, 0.3) is 5.91 Å². The Morgan fingerprint density at radius 2 is 2.14 bits per heavy atom. The first-order valence-electron chi connectivity index (χ1n) is 9.92. The van der Waals surface area contributed by atoms with Crippen molar-refractivity contribution in [2.45, 2.75) is 25.4 Å². The number of carbonyl (C=O) groups is 2. The van der Waals surface area contributed by atoms with Gasteiger partial charge < -0.3 is 35.3 Å². The van der Waals surface area contributed by atoms with E-state index in [1.54, 1.807) is 12.1 Å². The van der Waals surface area contributed by atoms with Crippen LogP contribution in [0.5, 0.6) is 11.5 Å². The van der Waals surface area contributed by atoms with Gasteiger partial charge in [-0.25, -0.2) is 0 Å². The molecule has 1 saturated heterocycles. The van der Waals surface area contributed by atoms with Gasteiger partial charge >= 0.3 is 5.97 Å². The highest BCUT2D eigenvalue weighted by Gasteiger charge is 2.29. The molecule has 2 aliphatic rings. The highest BCUT2D eigenvalue weighted by Crippen LogP contribution is 2.36. The number of nitrogens with one attached hydrogen (secondary N) is 1. The van der Waals surface area contributed by atoms with Gasteiger partial charge in [0.15, 0.2) is 11.5 Å². The van der Waals surface area contributed by atoms with Crippen LogP contribution < -0.4 is 20.5 Å². The molecule has 1 fully saturated rings. The Kier molecular flexibility index (Phi) is 7.16. The average molecular weight is 407 g/mol. The highest BCUT2D eigenvalue weighted by molar-refractivity contribution is 5.99. The zero-order valence-corrected chi connectivity index (χ0v) is 16.7. The number of carbonyl (C=O) groups excluding carboxylic acids is 2. The molecule has 0 aliphatic carbocycles. The zero-order chi connectivity index (χ0) is 20.8. The third-order valence-electron chi connectivity index (χ3n) is 5.32. The van der Waals surface area contributed by atoms with Crippen LogP contribution in [0.3, 0.4) is 0 Å². The van der Waals surface area contributed by atoms with Crippen molar-refractivity contribution < 1.29 is 28.9 Å². The Bertz CT molecular complexity index is 741. The lowest BCUT2D eigenvalue weighted by molar-refractivity contribution is -0.140. The number of anilines is 1. The van der Waals surface area contributed by atoms with E-state index < -0.39 is 6.10 Å². The summed E-state index contributed by atoms with van der Waals surface area (Å²) in [6, 6.07) is 3.22. The first-order chi connectivity index (χ1) is 14.0. The molecule has 9 nitrogen and oxygen atoms in total. The molecule has 9 heteroatoms. The van der Waals surface area contributed by atoms with E-state index in [4.69, 9.17) is 15.2 Å². The van der Waals surface area contributed by atoms with Crippen LogP contribution in [0.15, 0.2) is 12.1 Å². The molecule has 1 aromatic carbocycles. The van der Waals surface area contributed by atoms with E-state index in [1.165, 1.54) is 7.11 Å². The normalized spacial score (nSPS) is 21.4. The topological polar surface area (TPSA) is 123 Å². The Morgan fingerprint density at radius 1 is 1.34 bits per heavy atom. The third-order valence-corrected chi connectivity index (χ3v) is 5.32. The van der Waals surface area contributed by atoms with E-state index in [0.29, 0.717) is 61.9 Å². The predicted octanol–water partition coefficient (Wildman–Crippen LogP) is 0.406. The summed E-state index contributed by atoms with van der Waals surface area (Å²) in [5.41, 5.74) is 6.65. The number of nitrogens with zero attached hydrogens (tertiary/aromatic N) is 1. The Labute approximate surface area is 170 Å². The summed E-state index contributed by atoms with van der Waals surface area (Å²) >= 11 is 0. The number of fused-ring (bicyclic) bond motifs is 1. The standard InChI is InChI=1S/C20H29N3O6/c1-27-18(25)3-2-5-23-6-4-13(16(24)12-23)11-22-20(26)15-9-14(21)10-17-19(15)29-8-7-28-17/h9-10,13,16,24H,2-8,11-12,21H2,1H3,(H,22,26)/t13-,16?/m0/s1. The number of methoxy groups -OCH3 is 1. The van der Waals surface area contributed by atoms with Crippen molar-refractivity contribution in [2.75, 3.05) is 52.2 Å². The van der Waals surface area contributed by atoms with Crippen molar-refractivity contribution >= 4 is 17.6 Å². The quantitative estimate of drug-likeness (QED) is 0.439. The van der Waals surface area contributed by atoms with Crippen LogP contribution in [0.4, 0.5) is 5.69 Å². The average Bonchev–Trinajstić information content (AvgIpc) is 2.72. The molecule has 0 radical (unpaired) electrons. The minimum absolute atomic E-state index is 0.0372. The van der Waals surface area contributed by atoms with Crippen LogP contribution in [0.1, 0.15) is 29.6 Å². The van der Waals surface area contributed by atoms with Crippen molar-refractivity contribution in [3.63, 3.8) is 0 Å². The molecule has 2 atom stereocenters. The second kappa shape index (κ2) is 9.80. The first-order valence-corrected chi connectivity index (χ1v) is 9.92. The number of esters is 1. The number of β-amino-alcohol motifs (C(OH)–C–C–N with tert-alkyl or cyclic N) is 1. The number of hydrogen-bond donors (Lipinski definition) is 3.